The fourth-order valence-electron chi connectivity index (χ4n) is 3.97. The number of sulfonamides is 1. The van der Waals surface area contributed by atoms with E-state index in [-0.39, 0.29) is 23.3 Å². The number of benzene rings is 1. The lowest BCUT2D eigenvalue weighted by Crippen LogP contribution is -2.41. The van der Waals surface area contributed by atoms with E-state index in [2.05, 4.69) is 5.32 Å². The predicted molar refractivity (Wildman–Crippen MR) is 122 cm³/mol. The van der Waals surface area contributed by atoms with Crippen molar-refractivity contribution in [3.05, 3.63) is 46.2 Å². The summed E-state index contributed by atoms with van der Waals surface area (Å²) in [6.07, 6.45) is 2.27. The summed E-state index contributed by atoms with van der Waals surface area (Å²) in [7, 11) is -3.62. The van der Waals surface area contributed by atoms with Gasteiger partial charge in [0.05, 0.1) is 18.1 Å². The molecule has 2 aliphatic heterocycles. The maximum atomic E-state index is 13.0. The highest BCUT2D eigenvalue weighted by molar-refractivity contribution is 7.89. The van der Waals surface area contributed by atoms with E-state index in [4.69, 9.17) is 4.74 Å². The van der Waals surface area contributed by atoms with Gasteiger partial charge in [-0.3, -0.25) is 9.59 Å². The van der Waals surface area contributed by atoms with Crippen LogP contribution in [0.25, 0.3) is 0 Å². The number of fused-ring (bicyclic) bond motifs is 1. The first kappa shape index (κ1) is 22.9. The van der Waals surface area contributed by atoms with Gasteiger partial charge in [-0.05, 0) is 54.5 Å². The zero-order chi connectivity index (χ0) is 22.6. The SMILES string of the molecule is O=C(CN1C(=O)CCCc2cc(S(=O)(=O)N3CCOCC3)ccc21)NCCc1cccs1. The summed E-state index contributed by atoms with van der Waals surface area (Å²) in [4.78, 5) is 28.1. The standard InChI is InChI=1S/C22H27N3O5S2/c26-21(23-9-8-18-4-2-14-31-18)16-25-20-7-6-19(15-17(20)3-1-5-22(25)27)32(28,29)24-10-12-30-13-11-24/h2,4,6-7,14-15H,1,3,5,8-13,16H2,(H,23,26). The Bertz CT molecular complexity index is 1060. The minimum absolute atomic E-state index is 0.0775. The molecular formula is C22H27N3O5S2. The van der Waals surface area contributed by atoms with Crippen LogP contribution in [0.4, 0.5) is 5.69 Å². The van der Waals surface area contributed by atoms with Crippen LogP contribution in [-0.4, -0.2) is 63.9 Å². The molecule has 0 atom stereocenters. The Balaban J connectivity index is 1.48. The number of ether oxygens (including phenoxy) is 1. The topological polar surface area (TPSA) is 96.0 Å². The Morgan fingerprint density at radius 3 is 2.72 bits per heavy atom. The normalized spacial score (nSPS) is 17.6. The second-order valence-corrected chi connectivity index (χ2v) is 10.8. The number of morpholine rings is 1. The van der Waals surface area contributed by atoms with Crippen molar-refractivity contribution < 1.29 is 22.7 Å². The number of carbonyl (C=O) groups excluding carboxylic acids is 2. The number of hydrogen-bond donors (Lipinski definition) is 1. The van der Waals surface area contributed by atoms with E-state index in [1.54, 1.807) is 23.5 Å². The molecule has 2 amide bonds. The van der Waals surface area contributed by atoms with E-state index < -0.39 is 10.0 Å². The summed E-state index contributed by atoms with van der Waals surface area (Å²) in [6.45, 7) is 1.85. The van der Waals surface area contributed by atoms with Crippen LogP contribution in [0.5, 0.6) is 0 Å². The number of carbonyl (C=O) groups is 2. The third kappa shape index (κ3) is 5.20. The summed E-state index contributed by atoms with van der Waals surface area (Å²) in [5.41, 5.74) is 1.39. The van der Waals surface area contributed by atoms with Gasteiger partial charge in [-0.1, -0.05) is 6.07 Å². The first-order valence-electron chi connectivity index (χ1n) is 10.8. The van der Waals surface area contributed by atoms with E-state index in [0.717, 1.165) is 12.0 Å². The summed E-state index contributed by atoms with van der Waals surface area (Å²) < 4.78 is 32.7. The molecule has 1 aromatic heterocycles. The Morgan fingerprint density at radius 2 is 1.97 bits per heavy atom. The Morgan fingerprint density at radius 1 is 1.16 bits per heavy atom. The predicted octanol–water partition coefficient (Wildman–Crippen LogP) is 1.80. The maximum Gasteiger partial charge on any atom is 0.243 e. The average molecular weight is 478 g/mol. The third-order valence-electron chi connectivity index (χ3n) is 5.66. The molecule has 0 radical (unpaired) electrons. The fraction of sp³-hybridized carbons (Fsp3) is 0.455. The lowest BCUT2D eigenvalue weighted by atomic mass is 10.1. The Labute approximate surface area is 192 Å². The van der Waals surface area contributed by atoms with Crippen molar-refractivity contribution in [2.75, 3.05) is 44.3 Å². The van der Waals surface area contributed by atoms with Gasteiger partial charge in [0.1, 0.15) is 6.54 Å². The van der Waals surface area contributed by atoms with Crippen molar-refractivity contribution in [3.63, 3.8) is 0 Å². The molecular weight excluding hydrogens is 450 g/mol. The van der Waals surface area contributed by atoms with E-state index in [1.807, 2.05) is 17.5 Å². The van der Waals surface area contributed by atoms with Gasteiger partial charge in [0.15, 0.2) is 0 Å². The Kier molecular flexibility index (Phi) is 7.24. The second kappa shape index (κ2) is 10.1. The maximum absolute atomic E-state index is 13.0. The van der Waals surface area contributed by atoms with Crippen LogP contribution in [-0.2, 0) is 37.2 Å². The van der Waals surface area contributed by atoms with Crippen LogP contribution in [0.2, 0.25) is 0 Å². The molecule has 2 aromatic rings. The smallest absolute Gasteiger partial charge is 0.243 e. The number of amides is 2. The minimum atomic E-state index is -3.62. The number of thiophene rings is 1. The summed E-state index contributed by atoms with van der Waals surface area (Å²) in [5.74, 6) is -0.353. The molecule has 8 nitrogen and oxygen atoms in total. The summed E-state index contributed by atoms with van der Waals surface area (Å²) in [6, 6.07) is 8.84. The quantitative estimate of drug-likeness (QED) is 0.656. The zero-order valence-electron chi connectivity index (χ0n) is 17.8. The van der Waals surface area contributed by atoms with Crippen molar-refractivity contribution in [2.45, 2.75) is 30.6 Å². The van der Waals surface area contributed by atoms with Gasteiger partial charge in [0.25, 0.3) is 0 Å². The zero-order valence-corrected chi connectivity index (χ0v) is 19.4. The van der Waals surface area contributed by atoms with E-state index in [9.17, 15) is 18.0 Å². The number of nitrogens with one attached hydrogen (secondary N) is 1. The van der Waals surface area contributed by atoms with Crippen molar-refractivity contribution >= 4 is 38.9 Å². The molecule has 0 spiro atoms. The highest BCUT2D eigenvalue weighted by Gasteiger charge is 2.29. The molecule has 4 rings (SSSR count). The van der Waals surface area contributed by atoms with Crippen LogP contribution >= 0.6 is 11.3 Å². The molecule has 1 saturated heterocycles. The lowest BCUT2D eigenvalue weighted by molar-refractivity contribution is -0.123. The largest absolute Gasteiger partial charge is 0.379 e. The van der Waals surface area contributed by atoms with Crippen LogP contribution in [0.3, 0.4) is 0 Å². The first-order chi connectivity index (χ1) is 15.4. The molecule has 3 heterocycles. The molecule has 0 saturated carbocycles. The Hall–Kier alpha value is -2.27. The van der Waals surface area contributed by atoms with Crippen LogP contribution in [0, 0.1) is 0 Å². The molecule has 172 valence electrons. The van der Waals surface area contributed by atoms with E-state index >= 15 is 0 Å². The number of anilines is 1. The van der Waals surface area contributed by atoms with Gasteiger partial charge in [-0.25, -0.2) is 8.42 Å². The number of nitrogens with zero attached hydrogens (tertiary/aromatic N) is 2. The highest BCUT2D eigenvalue weighted by Crippen LogP contribution is 2.30. The van der Waals surface area contributed by atoms with Gasteiger partial charge in [0, 0.05) is 36.6 Å². The van der Waals surface area contributed by atoms with Crippen molar-refractivity contribution in [1.82, 2.24) is 9.62 Å². The molecule has 0 aliphatic carbocycles. The van der Waals surface area contributed by atoms with Crippen molar-refractivity contribution in [2.24, 2.45) is 0 Å². The molecule has 1 fully saturated rings. The van der Waals surface area contributed by atoms with Crippen LogP contribution < -0.4 is 10.2 Å². The molecule has 1 N–H and O–H groups in total. The van der Waals surface area contributed by atoms with Gasteiger partial charge < -0.3 is 15.0 Å². The summed E-state index contributed by atoms with van der Waals surface area (Å²) in [5, 5.41) is 4.88. The second-order valence-electron chi connectivity index (χ2n) is 7.82. The van der Waals surface area contributed by atoms with Crippen molar-refractivity contribution in [3.8, 4) is 0 Å². The molecule has 0 bridgehead atoms. The summed E-state index contributed by atoms with van der Waals surface area (Å²) >= 11 is 1.64. The minimum Gasteiger partial charge on any atom is -0.379 e. The van der Waals surface area contributed by atoms with Gasteiger partial charge in [-0.15, -0.1) is 11.3 Å². The number of hydrogen-bond acceptors (Lipinski definition) is 6. The van der Waals surface area contributed by atoms with Gasteiger partial charge in [-0.2, -0.15) is 4.31 Å². The van der Waals surface area contributed by atoms with Gasteiger partial charge >= 0.3 is 0 Å². The number of aryl methyl sites for hydroxylation is 1. The van der Waals surface area contributed by atoms with Crippen LogP contribution in [0.1, 0.15) is 23.3 Å². The van der Waals surface area contributed by atoms with Crippen LogP contribution in [0.15, 0.2) is 40.6 Å². The molecule has 1 aromatic carbocycles. The first-order valence-corrected chi connectivity index (χ1v) is 13.1. The number of rotatable bonds is 7. The lowest BCUT2D eigenvalue weighted by Gasteiger charge is -2.27. The molecule has 32 heavy (non-hydrogen) atoms. The van der Waals surface area contributed by atoms with Crippen molar-refractivity contribution in [1.29, 1.82) is 0 Å². The monoisotopic (exact) mass is 477 g/mol. The molecule has 2 aliphatic rings. The highest BCUT2D eigenvalue weighted by atomic mass is 32.2. The fourth-order valence-corrected chi connectivity index (χ4v) is 6.14. The molecule has 0 unspecified atom stereocenters. The third-order valence-corrected chi connectivity index (χ3v) is 8.49. The average Bonchev–Trinajstić information content (AvgIpc) is 3.26. The van der Waals surface area contributed by atoms with E-state index in [0.29, 0.717) is 57.8 Å². The van der Waals surface area contributed by atoms with Gasteiger partial charge in [0.2, 0.25) is 21.8 Å². The molecule has 10 heteroatoms. The van der Waals surface area contributed by atoms with E-state index in [1.165, 1.54) is 20.1 Å².